The maximum absolute atomic E-state index is 4.34. The zero-order chi connectivity index (χ0) is 16.6. The molecule has 1 aliphatic heterocycles. The van der Waals surface area contributed by atoms with Crippen LogP contribution in [0.2, 0.25) is 0 Å². The summed E-state index contributed by atoms with van der Waals surface area (Å²) in [5, 5.41) is 13.2. The minimum Gasteiger partial charge on any atom is -0.355 e. The Morgan fingerprint density at radius 2 is 2.16 bits per heavy atom. The van der Waals surface area contributed by atoms with Crippen LogP contribution in [-0.2, 0) is 6.54 Å². The summed E-state index contributed by atoms with van der Waals surface area (Å²) < 4.78 is 1.92. The van der Waals surface area contributed by atoms with E-state index in [0.717, 1.165) is 25.6 Å². The van der Waals surface area contributed by atoms with Crippen LogP contribution in [0.25, 0.3) is 0 Å². The predicted octanol–water partition coefficient (Wildman–Crippen LogP) is 2.56. The number of nitrogens with zero attached hydrogens (tertiary/aromatic N) is 4. The SMILES string of the molecule is CN=C(NCCn1cccn1)NCC(c1cccs1)N1CCCC1.I. The normalized spacial score (nSPS) is 16.4. The number of hydrogen-bond acceptors (Lipinski definition) is 4. The van der Waals surface area contributed by atoms with Crippen LogP contribution in [0, 0.1) is 0 Å². The minimum atomic E-state index is 0. The smallest absolute Gasteiger partial charge is 0.191 e. The van der Waals surface area contributed by atoms with E-state index in [4.69, 9.17) is 0 Å². The lowest BCUT2D eigenvalue weighted by Crippen LogP contribution is -2.43. The maximum atomic E-state index is 4.34. The molecule has 138 valence electrons. The molecule has 8 heteroatoms. The van der Waals surface area contributed by atoms with E-state index in [1.807, 2.05) is 35.3 Å². The van der Waals surface area contributed by atoms with Crippen LogP contribution >= 0.6 is 35.3 Å². The number of halogens is 1. The Kier molecular flexibility index (Phi) is 8.70. The van der Waals surface area contributed by atoms with Crippen molar-refractivity contribution in [1.82, 2.24) is 25.3 Å². The van der Waals surface area contributed by atoms with E-state index in [-0.39, 0.29) is 24.0 Å². The molecule has 0 saturated carbocycles. The summed E-state index contributed by atoms with van der Waals surface area (Å²) in [5.74, 6) is 0.850. The molecule has 6 nitrogen and oxygen atoms in total. The zero-order valence-corrected chi connectivity index (χ0v) is 17.7. The molecule has 2 aromatic heterocycles. The number of rotatable bonds is 7. The molecule has 1 unspecified atom stereocenters. The van der Waals surface area contributed by atoms with Gasteiger partial charge in [0.2, 0.25) is 0 Å². The molecule has 0 radical (unpaired) electrons. The van der Waals surface area contributed by atoms with Crippen LogP contribution in [-0.4, -0.2) is 53.9 Å². The van der Waals surface area contributed by atoms with Crippen molar-refractivity contribution in [2.45, 2.75) is 25.4 Å². The third-order valence-electron chi connectivity index (χ3n) is 4.33. The number of aromatic nitrogens is 2. The molecule has 1 fully saturated rings. The highest BCUT2D eigenvalue weighted by atomic mass is 127. The molecule has 0 bridgehead atoms. The van der Waals surface area contributed by atoms with Gasteiger partial charge in [0, 0.05) is 37.4 Å². The molecule has 2 N–H and O–H groups in total. The Bertz CT molecular complexity index is 607. The van der Waals surface area contributed by atoms with Gasteiger partial charge in [-0.05, 0) is 43.4 Å². The zero-order valence-electron chi connectivity index (χ0n) is 14.6. The van der Waals surface area contributed by atoms with Crippen molar-refractivity contribution in [3.05, 3.63) is 40.8 Å². The summed E-state index contributed by atoms with van der Waals surface area (Å²) in [5.41, 5.74) is 0. The van der Waals surface area contributed by atoms with Crippen LogP contribution in [0.5, 0.6) is 0 Å². The number of likely N-dealkylation sites (tertiary alicyclic amines) is 1. The minimum absolute atomic E-state index is 0. The van der Waals surface area contributed by atoms with Gasteiger partial charge in [-0.25, -0.2) is 0 Å². The van der Waals surface area contributed by atoms with Gasteiger partial charge in [0.25, 0.3) is 0 Å². The first kappa shape index (κ1) is 20.2. The van der Waals surface area contributed by atoms with Crippen molar-refractivity contribution in [3.63, 3.8) is 0 Å². The summed E-state index contributed by atoms with van der Waals surface area (Å²) in [6.45, 7) is 4.88. The van der Waals surface area contributed by atoms with Gasteiger partial charge in [-0.1, -0.05) is 6.07 Å². The first-order valence-corrected chi connectivity index (χ1v) is 9.44. The fourth-order valence-corrected chi connectivity index (χ4v) is 3.94. The van der Waals surface area contributed by atoms with Gasteiger partial charge in [-0.15, -0.1) is 35.3 Å². The van der Waals surface area contributed by atoms with E-state index in [9.17, 15) is 0 Å². The number of nitrogens with one attached hydrogen (secondary N) is 2. The number of guanidine groups is 1. The number of hydrogen-bond donors (Lipinski definition) is 2. The van der Waals surface area contributed by atoms with Gasteiger partial charge in [0.1, 0.15) is 0 Å². The molecule has 1 atom stereocenters. The predicted molar refractivity (Wildman–Crippen MR) is 115 cm³/mol. The van der Waals surface area contributed by atoms with Crippen LogP contribution in [0.1, 0.15) is 23.8 Å². The molecular weight excluding hydrogens is 447 g/mol. The first-order chi connectivity index (χ1) is 11.9. The van der Waals surface area contributed by atoms with Crippen molar-refractivity contribution < 1.29 is 0 Å². The van der Waals surface area contributed by atoms with E-state index < -0.39 is 0 Å². The van der Waals surface area contributed by atoms with E-state index in [1.54, 1.807) is 6.20 Å². The second kappa shape index (κ2) is 10.8. The van der Waals surface area contributed by atoms with E-state index in [0.29, 0.717) is 6.04 Å². The molecular formula is C17H27IN6S. The summed E-state index contributed by atoms with van der Waals surface area (Å²) >= 11 is 1.84. The van der Waals surface area contributed by atoms with Crippen molar-refractivity contribution in [1.29, 1.82) is 0 Å². The van der Waals surface area contributed by atoms with Crippen LogP contribution in [0.15, 0.2) is 41.0 Å². The van der Waals surface area contributed by atoms with Gasteiger partial charge in [-0.2, -0.15) is 5.10 Å². The van der Waals surface area contributed by atoms with Crippen molar-refractivity contribution in [3.8, 4) is 0 Å². The molecule has 0 aromatic carbocycles. The molecule has 0 amide bonds. The molecule has 3 heterocycles. The third-order valence-corrected chi connectivity index (χ3v) is 5.31. The molecule has 0 aliphatic carbocycles. The fraction of sp³-hybridized carbons (Fsp3) is 0.529. The van der Waals surface area contributed by atoms with Gasteiger partial charge < -0.3 is 10.6 Å². The van der Waals surface area contributed by atoms with Gasteiger partial charge in [-0.3, -0.25) is 14.6 Å². The fourth-order valence-electron chi connectivity index (χ4n) is 3.08. The largest absolute Gasteiger partial charge is 0.355 e. The molecule has 2 aromatic rings. The summed E-state index contributed by atoms with van der Waals surface area (Å²) in [7, 11) is 1.82. The summed E-state index contributed by atoms with van der Waals surface area (Å²) in [6.07, 6.45) is 6.38. The summed E-state index contributed by atoms with van der Waals surface area (Å²) in [6, 6.07) is 6.75. The molecule has 25 heavy (non-hydrogen) atoms. The molecule has 3 rings (SSSR count). The topological polar surface area (TPSA) is 57.5 Å². The number of aliphatic imine (C=N–C) groups is 1. The lowest BCUT2D eigenvalue weighted by molar-refractivity contribution is 0.249. The average Bonchev–Trinajstić information content (AvgIpc) is 3.35. The highest BCUT2D eigenvalue weighted by Crippen LogP contribution is 2.27. The Hall–Kier alpha value is -1.13. The van der Waals surface area contributed by atoms with Crippen LogP contribution < -0.4 is 10.6 Å². The van der Waals surface area contributed by atoms with E-state index in [2.05, 4.69) is 43.1 Å². The van der Waals surface area contributed by atoms with Gasteiger partial charge in [0.05, 0.1) is 12.6 Å². The lowest BCUT2D eigenvalue weighted by Gasteiger charge is -2.27. The maximum Gasteiger partial charge on any atom is 0.191 e. The highest BCUT2D eigenvalue weighted by molar-refractivity contribution is 14.0. The number of thiophene rings is 1. The van der Waals surface area contributed by atoms with Crippen molar-refractivity contribution in [2.75, 3.05) is 33.2 Å². The van der Waals surface area contributed by atoms with Gasteiger partial charge >= 0.3 is 0 Å². The van der Waals surface area contributed by atoms with Crippen LogP contribution in [0.4, 0.5) is 0 Å². The standard InChI is InChI=1S/C17H26N6S.HI/c1-18-17(19-8-12-23-11-5-7-21-23)20-14-15(16-6-4-13-24-16)22-9-2-3-10-22;/h4-7,11,13,15H,2-3,8-10,12,14H2,1H3,(H2,18,19,20);1H. The van der Waals surface area contributed by atoms with Crippen molar-refractivity contribution in [2.24, 2.45) is 4.99 Å². The quantitative estimate of drug-likeness (QED) is 0.368. The summed E-state index contributed by atoms with van der Waals surface area (Å²) in [4.78, 5) is 8.34. The third kappa shape index (κ3) is 5.96. The van der Waals surface area contributed by atoms with Gasteiger partial charge in [0.15, 0.2) is 5.96 Å². The lowest BCUT2D eigenvalue weighted by atomic mass is 10.2. The Labute approximate surface area is 170 Å². The average molecular weight is 474 g/mol. The highest BCUT2D eigenvalue weighted by Gasteiger charge is 2.24. The second-order valence-electron chi connectivity index (χ2n) is 5.92. The Morgan fingerprint density at radius 3 is 2.80 bits per heavy atom. The first-order valence-electron chi connectivity index (χ1n) is 8.56. The monoisotopic (exact) mass is 474 g/mol. The molecule has 0 spiro atoms. The Balaban J connectivity index is 0.00000225. The van der Waals surface area contributed by atoms with E-state index in [1.165, 1.54) is 30.8 Å². The molecule has 1 aliphatic rings. The molecule has 1 saturated heterocycles. The van der Waals surface area contributed by atoms with E-state index >= 15 is 0 Å². The second-order valence-corrected chi connectivity index (χ2v) is 6.90. The van der Waals surface area contributed by atoms with Crippen molar-refractivity contribution >= 4 is 41.3 Å². The van der Waals surface area contributed by atoms with Crippen LogP contribution in [0.3, 0.4) is 0 Å². The Morgan fingerprint density at radius 1 is 1.32 bits per heavy atom.